The third-order valence-electron chi connectivity index (χ3n) is 3.05. The topological polar surface area (TPSA) is 3.24 Å². The number of anilines is 1. The Balaban J connectivity index is 2.05. The average Bonchev–Trinajstić information content (AvgIpc) is 2.40. The van der Waals surface area contributed by atoms with Crippen LogP contribution < -0.4 is 4.90 Å². The van der Waals surface area contributed by atoms with Gasteiger partial charge in [0.1, 0.15) is 0 Å². The zero-order valence-electron chi connectivity index (χ0n) is 10.6. The monoisotopic (exact) mass is 225 g/mol. The fraction of sp³-hybridized carbons (Fsp3) is 0.250. The molecule has 2 rings (SSSR count). The smallest absolute Gasteiger partial charge is 0.0426 e. The van der Waals surface area contributed by atoms with Gasteiger partial charge >= 0.3 is 0 Å². The fourth-order valence-corrected chi connectivity index (χ4v) is 1.93. The van der Waals surface area contributed by atoms with Gasteiger partial charge in [-0.1, -0.05) is 49.4 Å². The van der Waals surface area contributed by atoms with Gasteiger partial charge in [-0.3, -0.25) is 0 Å². The van der Waals surface area contributed by atoms with Crippen LogP contribution in [0.3, 0.4) is 0 Å². The van der Waals surface area contributed by atoms with Crippen molar-refractivity contribution < 1.29 is 0 Å². The number of nitrogens with zero attached hydrogens (tertiary/aromatic N) is 1. The van der Waals surface area contributed by atoms with E-state index in [2.05, 4.69) is 67.4 Å². The Bertz CT molecular complexity index is 445. The van der Waals surface area contributed by atoms with E-state index in [-0.39, 0.29) is 0 Å². The van der Waals surface area contributed by atoms with Crippen LogP contribution in [-0.2, 0) is 13.0 Å². The maximum Gasteiger partial charge on any atom is 0.0426 e. The van der Waals surface area contributed by atoms with Crippen molar-refractivity contribution in [3.63, 3.8) is 0 Å². The number of para-hydroxylation sites is 1. The number of rotatable bonds is 4. The van der Waals surface area contributed by atoms with Crippen LogP contribution in [-0.4, -0.2) is 7.05 Å². The van der Waals surface area contributed by atoms with E-state index in [1.165, 1.54) is 16.8 Å². The van der Waals surface area contributed by atoms with E-state index in [0.29, 0.717) is 0 Å². The molecule has 0 aliphatic rings. The van der Waals surface area contributed by atoms with E-state index in [0.717, 1.165) is 13.0 Å². The molecule has 0 radical (unpaired) electrons. The molecule has 0 aliphatic carbocycles. The van der Waals surface area contributed by atoms with Crippen LogP contribution in [0.25, 0.3) is 0 Å². The molecule has 88 valence electrons. The molecule has 0 N–H and O–H groups in total. The second kappa shape index (κ2) is 5.53. The number of aryl methyl sites for hydroxylation is 1. The van der Waals surface area contributed by atoms with Gasteiger partial charge in [0, 0.05) is 19.3 Å². The predicted molar refractivity (Wildman–Crippen MR) is 74.4 cm³/mol. The number of hydrogen-bond donors (Lipinski definition) is 0. The Morgan fingerprint density at radius 3 is 2.00 bits per heavy atom. The molecular formula is C16H19N. The minimum Gasteiger partial charge on any atom is -0.370 e. The van der Waals surface area contributed by atoms with Gasteiger partial charge in [0.15, 0.2) is 0 Å². The molecule has 0 saturated heterocycles. The van der Waals surface area contributed by atoms with Crippen molar-refractivity contribution >= 4 is 5.69 Å². The van der Waals surface area contributed by atoms with Crippen molar-refractivity contribution in [3.8, 4) is 0 Å². The summed E-state index contributed by atoms with van der Waals surface area (Å²) in [6.45, 7) is 3.14. The summed E-state index contributed by atoms with van der Waals surface area (Å²) < 4.78 is 0. The van der Waals surface area contributed by atoms with Gasteiger partial charge in [0.25, 0.3) is 0 Å². The summed E-state index contributed by atoms with van der Waals surface area (Å²) in [4.78, 5) is 2.26. The largest absolute Gasteiger partial charge is 0.370 e. The standard InChI is InChI=1S/C16H19N/c1-3-14-9-11-15(12-10-14)13-17(2)16-7-5-4-6-8-16/h4-12H,3,13H2,1-2H3. The van der Waals surface area contributed by atoms with E-state index in [4.69, 9.17) is 0 Å². The lowest BCUT2D eigenvalue weighted by Crippen LogP contribution is -2.15. The van der Waals surface area contributed by atoms with Crippen LogP contribution in [0.2, 0.25) is 0 Å². The summed E-state index contributed by atoms with van der Waals surface area (Å²) in [7, 11) is 2.13. The molecule has 0 saturated carbocycles. The molecule has 17 heavy (non-hydrogen) atoms. The van der Waals surface area contributed by atoms with E-state index < -0.39 is 0 Å². The first-order valence-corrected chi connectivity index (χ1v) is 6.13. The van der Waals surface area contributed by atoms with E-state index in [1.54, 1.807) is 0 Å². The molecule has 1 heteroatoms. The van der Waals surface area contributed by atoms with Crippen LogP contribution in [0, 0.1) is 0 Å². The minimum absolute atomic E-state index is 0.952. The van der Waals surface area contributed by atoms with Gasteiger partial charge in [-0.2, -0.15) is 0 Å². The molecular weight excluding hydrogens is 206 g/mol. The molecule has 0 unspecified atom stereocenters. The first kappa shape index (κ1) is 11.7. The maximum atomic E-state index is 2.26. The SMILES string of the molecule is CCc1ccc(CN(C)c2ccccc2)cc1. The molecule has 0 bridgehead atoms. The fourth-order valence-electron chi connectivity index (χ4n) is 1.93. The maximum absolute atomic E-state index is 2.26. The predicted octanol–water partition coefficient (Wildman–Crippen LogP) is 3.89. The highest BCUT2D eigenvalue weighted by Crippen LogP contribution is 2.15. The lowest BCUT2D eigenvalue weighted by molar-refractivity contribution is 0.921. The summed E-state index contributed by atoms with van der Waals surface area (Å²) in [5.41, 5.74) is 4.01. The summed E-state index contributed by atoms with van der Waals surface area (Å²) in [5.74, 6) is 0. The summed E-state index contributed by atoms with van der Waals surface area (Å²) in [5, 5.41) is 0. The molecule has 2 aromatic rings. The van der Waals surface area contributed by atoms with Gasteiger partial charge in [-0.15, -0.1) is 0 Å². The molecule has 0 fully saturated rings. The van der Waals surface area contributed by atoms with E-state index in [1.807, 2.05) is 6.07 Å². The lowest BCUT2D eigenvalue weighted by Gasteiger charge is -2.19. The molecule has 0 heterocycles. The third kappa shape index (κ3) is 3.10. The van der Waals surface area contributed by atoms with Crippen molar-refractivity contribution in [2.24, 2.45) is 0 Å². The molecule has 0 amide bonds. The van der Waals surface area contributed by atoms with Crippen LogP contribution >= 0.6 is 0 Å². The first-order valence-electron chi connectivity index (χ1n) is 6.13. The Kier molecular flexibility index (Phi) is 3.81. The van der Waals surface area contributed by atoms with Crippen molar-refractivity contribution in [2.45, 2.75) is 19.9 Å². The first-order chi connectivity index (χ1) is 8.29. The van der Waals surface area contributed by atoms with Crippen molar-refractivity contribution in [3.05, 3.63) is 65.7 Å². The van der Waals surface area contributed by atoms with Gasteiger partial charge in [0.05, 0.1) is 0 Å². The van der Waals surface area contributed by atoms with Crippen molar-refractivity contribution in [1.29, 1.82) is 0 Å². The average molecular weight is 225 g/mol. The molecule has 0 aliphatic heterocycles. The highest BCUT2D eigenvalue weighted by atomic mass is 15.1. The van der Waals surface area contributed by atoms with Crippen molar-refractivity contribution in [2.75, 3.05) is 11.9 Å². The molecule has 0 spiro atoms. The molecule has 0 aromatic heterocycles. The lowest BCUT2D eigenvalue weighted by atomic mass is 10.1. The van der Waals surface area contributed by atoms with Crippen molar-refractivity contribution in [1.82, 2.24) is 0 Å². The Morgan fingerprint density at radius 2 is 1.41 bits per heavy atom. The minimum atomic E-state index is 0.952. The second-order valence-electron chi connectivity index (χ2n) is 4.36. The quantitative estimate of drug-likeness (QED) is 0.763. The summed E-state index contributed by atoms with van der Waals surface area (Å²) >= 11 is 0. The molecule has 0 atom stereocenters. The van der Waals surface area contributed by atoms with Gasteiger partial charge in [-0.25, -0.2) is 0 Å². The third-order valence-corrected chi connectivity index (χ3v) is 3.05. The van der Waals surface area contributed by atoms with Crippen LogP contribution in [0.4, 0.5) is 5.69 Å². The van der Waals surface area contributed by atoms with Crippen LogP contribution in [0.1, 0.15) is 18.1 Å². The van der Waals surface area contributed by atoms with E-state index in [9.17, 15) is 0 Å². The summed E-state index contributed by atoms with van der Waals surface area (Å²) in [6.07, 6.45) is 1.11. The molecule has 1 nitrogen and oxygen atoms in total. The Labute approximate surface area is 104 Å². The van der Waals surface area contributed by atoms with Gasteiger partial charge in [0.2, 0.25) is 0 Å². The number of benzene rings is 2. The molecule has 2 aromatic carbocycles. The Morgan fingerprint density at radius 1 is 0.824 bits per heavy atom. The zero-order chi connectivity index (χ0) is 12.1. The highest BCUT2D eigenvalue weighted by molar-refractivity contribution is 5.45. The van der Waals surface area contributed by atoms with E-state index >= 15 is 0 Å². The van der Waals surface area contributed by atoms with Crippen LogP contribution in [0.5, 0.6) is 0 Å². The summed E-state index contributed by atoms with van der Waals surface area (Å²) in [6, 6.07) is 19.4. The zero-order valence-corrected chi connectivity index (χ0v) is 10.6. The van der Waals surface area contributed by atoms with Gasteiger partial charge in [-0.05, 0) is 29.7 Å². The normalized spacial score (nSPS) is 10.2. The van der Waals surface area contributed by atoms with Gasteiger partial charge < -0.3 is 4.90 Å². The Hall–Kier alpha value is -1.76. The number of hydrogen-bond acceptors (Lipinski definition) is 1. The second-order valence-corrected chi connectivity index (χ2v) is 4.36. The highest BCUT2D eigenvalue weighted by Gasteiger charge is 2.01. The van der Waals surface area contributed by atoms with Crippen LogP contribution in [0.15, 0.2) is 54.6 Å².